The molecule has 6 nitrogen and oxygen atoms in total. The van der Waals surface area contributed by atoms with Crippen molar-refractivity contribution in [2.45, 2.75) is 25.9 Å². The van der Waals surface area contributed by atoms with Gasteiger partial charge in [-0.3, -0.25) is 0 Å². The predicted molar refractivity (Wildman–Crippen MR) is 99.6 cm³/mol. The normalized spacial score (nSPS) is 12.0. The number of fused-ring (bicyclic) bond motifs is 1. The molecule has 0 atom stereocenters. The Hall–Kier alpha value is -3.36. The fraction of sp³-hybridized carbons (Fsp3) is 0.250. The second kappa shape index (κ2) is 8.34. The first-order chi connectivity index (χ1) is 13.8. The first-order valence-corrected chi connectivity index (χ1v) is 8.84. The maximum Gasteiger partial charge on any atom is 0.416 e. The van der Waals surface area contributed by atoms with Crippen molar-refractivity contribution in [2.24, 2.45) is 0 Å². The molecule has 0 bridgehead atoms. The summed E-state index contributed by atoms with van der Waals surface area (Å²) in [4.78, 5) is 12.4. The number of carbonyl (C=O) groups excluding carboxylic acids is 1. The molecule has 0 saturated carbocycles. The topological polar surface area (TPSA) is 77.2 Å². The highest BCUT2D eigenvalue weighted by molar-refractivity contribution is 5.81. The van der Waals surface area contributed by atoms with Crippen LogP contribution in [0.5, 0.6) is 5.75 Å². The van der Waals surface area contributed by atoms with Crippen LogP contribution in [-0.2, 0) is 22.1 Å². The van der Waals surface area contributed by atoms with E-state index < -0.39 is 17.7 Å². The van der Waals surface area contributed by atoms with Gasteiger partial charge in [0.2, 0.25) is 0 Å². The second-order valence-corrected chi connectivity index (χ2v) is 6.28. The molecule has 0 aliphatic rings. The number of allylic oxidation sites excluding steroid dienone is 1. The van der Waals surface area contributed by atoms with Crippen molar-refractivity contribution in [3.8, 4) is 11.4 Å². The van der Waals surface area contributed by atoms with Crippen molar-refractivity contribution >= 4 is 17.0 Å². The number of rotatable bonds is 6. The van der Waals surface area contributed by atoms with E-state index in [4.69, 9.17) is 4.74 Å². The number of esters is 1. The molecule has 29 heavy (non-hydrogen) atoms. The SMILES string of the molecule is CC=CC(=O)OCCCc1ccc(O)c(-n2nc3ccc(C(F)(F)F)cc3n2)c1. The summed E-state index contributed by atoms with van der Waals surface area (Å²) >= 11 is 0. The Kier molecular flexibility index (Phi) is 5.86. The highest BCUT2D eigenvalue weighted by atomic mass is 19.4. The zero-order valence-corrected chi connectivity index (χ0v) is 15.5. The highest BCUT2D eigenvalue weighted by Crippen LogP contribution is 2.31. The van der Waals surface area contributed by atoms with Crippen molar-refractivity contribution in [2.75, 3.05) is 6.61 Å². The molecule has 0 unspecified atom stereocenters. The number of alkyl halides is 3. The van der Waals surface area contributed by atoms with Crippen LogP contribution in [0.25, 0.3) is 16.7 Å². The van der Waals surface area contributed by atoms with E-state index in [9.17, 15) is 23.1 Å². The standard InChI is InChI=1S/C20H18F3N3O3/c1-2-4-19(28)29-10-3-5-13-6-9-18(27)17(11-13)26-24-15-8-7-14(20(21,22)23)12-16(15)25-26/h2,4,6-9,11-12,27H,3,5,10H2,1H3. The molecule has 1 aromatic heterocycles. The van der Waals surface area contributed by atoms with E-state index >= 15 is 0 Å². The third-order valence-electron chi connectivity index (χ3n) is 4.12. The van der Waals surface area contributed by atoms with Gasteiger partial charge in [0.1, 0.15) is 22.5 Å². The van der Waals surface area contributed by atoms with Gasteiger partial charge in [-0.2, -0.15) is 13.2 Å². The number of aromatic hydroxyl groups is 1. The third kappa shape index (κ3) is 4.92. The van der Waals surface area contributed by atoms with Gasteiger partial charge in [0.15, 0.2) is 0 Å². The van der Waals surface area contributed by atoms with Crippen LogP contribution < -0.4 is 0 Å². The molecule has 9 heteroatoms. The molecule has 2 aromatic carbocycles. The number of halogens is 3. The van der Waals surface area contributed by atoms with E-state index in [2.05, 4.69) is 10.2 Å². The number of phenolic OH excluding ortho intramolecular Hbond substituents is 1. The van der Waals surface area contributed by atoms with Crippen LogP contribution in [0.15, 0.2) is 48.6 Å². The lowest BCUT2D eigenvalue weighted by molar-refractivity contribution is -0.138. The van der Waals surface area contributed by atoms with Crippen molar-refractivity contribution in [1.82, 2.24) is 15.0 Å². The quantitative estimate of drug-likeness (QED) is 0.378. The summed E-state index contributed by atoms with van der Waals surface area (Å²) in [6.45, 7) is 1.96. The first-order valence-electron chi connectivity index (χ1n) is 8.84. The summed E-state index contributed by atoms with van der Waals surface area (Å²) in [7, 11) is 0. The summed E-state index contributed by atoms with van der Waals surface area (Å²) in [6.07, 6.45) is -0.424. The summed E-state index contributed by atoms with van der Waals surface area (Å²) in [6, 6.07) is 7.91. The van der Waals surface area contributed by atoms with Gasteiger partial charge in [-0.25, -0.2) is 4.79 Å². The van der Waals surface area contributed by atoms with E-state index in [1.807, 2.05) is 0 Å². The molecule has 0 saturated heterocycles. The maximum atomic E-state index is 12.9. The number of benzene rings is 2. The van der Waals surface area contributed by atoms with Gasteiger partial charge in [0.05, 0.1) is 12.2 Å². The van der Waals surface area contributed by atoms with Gasteiger partial charge in [-0.05, 0) is 55.7 Å². The lowest BCUT2D eigenvalue weighted by Gasteiger charge is -2.07. The predicted octanol–water partition coefficient (Wildman–Crippen LogP) is 4.20. The number of aryl methyl sites for hydroxylation is 1. The monoisotopic (exact) mass is 405 g/mol. The van der Waals surface area contributed by atoms with Crippen LogP contribution in [0.3, 0.4) is 0 Å². The van der Waals surface area contributed by atoms with Crippen LogP contribution in [0.2, 0.25) is 0 Å². The molecule has 1 N–H and O–H groups in total. The summed E-state index contributed by atoms with van der Waals surface area (Å²) in [5.74, 6) is -0.519. The smallest absolute Gasteiger partial charge is 0.416 e. The molecule has 3 aromatic rings. The van der Waals surface area contributed by atoms with Gasteiger partial charge >= 0.3 is 12.1 Å². The van der Waals surface area contributed by atoms with E-state index in [-0.39, 0.29) is 29.1 Å². The third-order valence-corrected chi connectivity index (χ3v) is 4.12. The van der Waals surface area contributed by atoms with Crippen LogP contribution in [-0.4, -0.2) is 32.7 Å². The zero-order chi connectivity index (χ0) is 21.0. The molecule has 0 fully saturated rings. The van der Waals surface area contributed by atoms with Crippen molar-refractivity contribution in [3.63, 3.8) is 0 Å². The average Bonchev–Trinajstić information content (AvgIpc) is 3.09. The summed E-state index contributed by atoms with van der Waals surface area (Å²) < 4.78 is 43.6. The molecule has 152 valence electrons. The van der Waals surface area contributed by atoms with E-state index in [1.165, 1.54) is 18.2 Å². The zero-order valence-electron chi connectivity index (χ0n) is 15.5. The Bertz CT molecular complexity index is 1060. The van der Waals surface area contributed by atoms with Crippen molar-refractivity contribution in [1.29, 1.82) is 0 Å². The van der Waals surface area contributed by atoms with Gasteiger partial charge in [-0.15, -0.1) is 15.0 Å². The molecule has 0 radical (unpaired) electrons. The number of ether oxygens (including phenoxy) is 1. The number of nitrogens with zero attached hydrogens (tertiary/aromatic N) is 3. The molecular formula is C20H18F3N3O3. The second-order valence-electron chi connectivity index (χ2n) is 6.28. The number of hydrogen-bond donors (Lipinski definition) is 1. The molecule has 0 spiro atoms. The van der Waals surface area contributed by atoms with E-state index in [1.54, 1.807) is 25.1 Å². The fourth-order valence-corrected chi connectivity index (χ4v) is 2.72. The number of phenols is 1. The molecular weight excluding hydrogens is 387 g/mol. The Morgan fingerprint density at radius 2 is 1.93 bits per heavy atom. The Labute approximate surface area is 164 Å². The Morgan fingerprint density at radius 1 is 1.17 bits per heavy atom. The molecule has 1 heterocycles. The minimum absolute atomic E-state index is 0.0699. The van der Waals surface area contributed by atoms with Crippen LogP contribution in [0, 0.1) is 0 Å². The van der Waals surface area contributed by atoms with E-state index in [0.717, 1.165) is 22.5 Å². The Morgan fingerprint density at radius 3 is 2.66 bits per heavy atom. The molecule has 0 aliphatic carbocycles. The lowest BCUT2D eigenvalue weighted by atomic mass is 10.1. The van der Waals surface area contributed by atoms with Crippen LogP contribution in [0.4, 0.5) is 13.2 Å². The average molecular weight is 405 g/mol. The minimum Gasteiger partial charge on any atom is -0.506 e. The minimum atomic E-state index is -4.48. The number of hydrogen-bond acceptors (Lipinski definition) is 5. The van der Waals surface area contributed by atoms with Crippen molar-refractivity contribution in [3.05, 3.63) is 59.7 Å². The number of carbonyl (C=O) groups is 1. The largest absolute Gasteiger partial charge is 0.506 e. The molecule has 3 rings (SSSR count). The van der Waals surface area contributed by atoms with Crippen LogP contribution in [0.1, 0.15) is 24.5 Å². The van der Waals surface area contributed by atoms with Gasteiger partial charge in [0, 0.05) is 6.08 Å². The molecule has 0 amide bonds. The summed E-state index contributed by atoms with van der Waals surface area (Å²) in [5.41, 5.74) is 0.608. The van der Waals surface area contributed by atoms with Gasteiger partial charge in [-0.1, -0.05) is 12.1 Å². The molecule has 0 aliphatic heterocycles. The Balaban J connectivity index is 1.78. The van der Waals surface area contributed by atoms with Crippen LogP contribution >= 0.6 is 0 Å². The van der Waals surface area contributed by atoms with Gasteiger partial charge in [0.25, 0.3) is 0 Å². The fourth-order valence-electron chi connectivity index (χ4n) is 2.72. The van der Waals surface area contributed by atoms with E-state index in [0.29, 0.717) is 12.8 Å². The van der Waals surface area contributed by atoms with Crippen molar-refractivity contribution < 1.29 is 27.8 Å². The van der Waals surface area contributed by atoms with Gasteiger partial charge < -0.3 is 9.84 Å². The maximum absolute atomic E-state index is 12.9. The summed E-state index contributed by atoms with van der Waals surface area (Å²) in [5, 5.41) is 18.4. The highest BCUT2D eigenvalue weighted by Gasteiger charge is 2.31. The lowest BCUT2D eigenvalue weighted by Crippen LogP contribution is -2.04. The first kappa shape index (κ1) is 20.4. The number of aromatic nitrogens is 3.